The van der Waals surface area contributed by atoms with Crippen LogP contribution < -0.4 is 19.5 Å². The summed E-state index contributed by atoms with van der Waals surface area (Å²) in [7, 11) is 4.69. The van der Waals surface area contributed by atoms with Crippen LogP contribution in [-0.4, -0.2) is 45.2 Å². The van der Waals surface area contributed by atoms with Crippen molar-refractivity contribution in [1.82, 2.24) is 10.2 Å². The van der Waals surface area contributed by atoms with Gasteiger partial charge >= 0.3 is 0 Å². The lowest BCUT2D eigenvalue weighted by atomic mass is 10.1. The molecule has 0 aliphatic carbocycles. The molecule has 0 atom stereocenters. The maximum absolute atomic E-state index is 12.5. The maximum Gasteiger partial charge on any atom is 0.224 e. The monoisotopic (exact) mass is 412 g/mol. The van der Waals surface area contributed by atoms with E-state index in [1.54, 1.807) is 27.4 Å². The quantitative estimate of drug-likeness (QED) is 0.682. The number of nitrogens with zero attached hydrogens (tertiary/aromatic N) is 1. The number of ether oxygens (including phenoxy) is 3. The van der Waals surface area contributed by atoms with Gasteiger partial charge in [0.25, 0.3) is 0 Å². The third kappa shape index (κ3) is 5.66. The van der Waals surface area contributed by atoms with Crippen molar-refractivity contribution in [2.45, 2.75) is 38.8 Å². The summed E-state index contributed by atoms with van der Waals surface area (Å²) in [5, 5.41) is 2.99. The Labute approximate surface area is 179 Å². The van der Waals surface area contributed by atoms with Crippen molar-refractivity contribution >= 4 is 5.91 Å². The molecule has 0 unspecified atom stereocenters. The molecule has 1 saturated heterocycles. The lowest BCUT2D eigenvalue weighted by Crippen LogP contribution is -2.29. The fourth-order valence-corrected chi connectivity index (χ4v) is 3.88. The Morgan fingerprint density at radius 1 is 0.867 bits per heavy atom. The molecule has 0 aromatic heterocycles. The molecule has 30 heavy (non-hydrogen) atoms. The molecule has 6 nitrogen and oxygen atoms in total. The molecule has 2 aromatic carbocycles. The molecule has 0 radical (unpaired) electrons. The van der Waals surface area contributed by atoms with Gasteiger partial charge in [0.1, 0.15) is 0 Å². The van der Waals surface area contributed by atoms with E-state index in [-0.39, 0.29) is 12.3 Å². The second kappa shape index (κ2) is 10.9. The minimum Gasteiger partial charge on any atom is -0.493 e. The lowest BCUT2D eigenvalue weighted by molar-refractivity contribution is -0.120. The Hall–Kier alpha value is -2.73. The first-order valence-electron chi connectivity index (χ1n) is 10.5. The van der Waals surface area contributed by atoms with Crippen LogP contribution in [0.3, 0.4) is 0 Å². The summed E-state index contributed by atoms with van der Waals surface area (Å²) in [6.07, 6.45) is 4.16. The number of benzene rings is 2. The van der Waals surface area contributed by atoms with Gasteiger partial charge in [-0.15, -0.1) is 0 Å². The summed E-state index contributed by atoms with van der Waals surface area (Å²) >= 11 is 0. The van der Waals surface area contributed by atoms with E-state index in [4.69, 9.17) is 14.2 Å². The minimum absolute atomic E-state index is 0.0714. The second-order valence-corrected chi connectivity index (χ2v) is 7.60. The Morgan fingerprint density at radius 3 is 2.17 bits per heavy atom. The topological polar surface area (TPSA) is 60.0 Å². The number of carbonyl (C=O) groups is 1. The van der Waals surface area contributed by atoms with Gasteiger partial charge in [0.15, 0.2) is 11.5 Å². The van der Waals surface area contributed by atoms with Gasteiger partial charge in [-0.3, -0.25) is 9.69 Å². The number of carbonyl (C=O) groups excluding carboxylic acids is 1. The van der Waals surface area contributed by atoms with Crippen LogP contribution in [0.1, 0.15) is 36.0 Å². The lowest BCUT2D eigenvalue weighted by Gasteiger charge is -2.26. The fourth-order valence-electron chi connectivity index (χ4n) is 3.88. The molecule has 0 spiro atoms. The standard InChI is InChI=1S/C24H32N2O4/c1-28-21-12-11-20(23(29-2)24(21)30-3)15-22(27)25-16-18-7-9-19(10-8-18)17-26-13-5-4-6-14-26/h7-12H,4-6,13-17H2,1-3H3,(H,25,27). The molecule has 0 bridgehead atoms. The molecule has 1 N–H and O–H groups in total. The molecule has 2 aromatic rings. The first kappa shape index (κ1) is 22.0. The smallest absolute Gasteiger partial charge is 0.224 e. The molecule has 0 saturated carbocycles. The molecule has 3 rings (SSSR count). The van der Waals surface area contributed by atoms with Crippen LogP contribution in [0.2, 0.25) is 0 Å². The summed E-state index contributed by atoms with van der Waals surface area (Å²) < 4.78 is 16.1. The predicted molar refractivity (Wildman–Crippen MR) is 117 cm³/mol. The van der Waals surface area contributed by atoms with E-state index in [1.807, 2.05) is 6.07 Å². The van der Waals surface area contributed by atoms with E-state index in [2.05, 4.69) is 34.5 Å². The Morgan fingerprint density at radius 2 is 1.53 bits per heavy atom. The molecule has 1 aliphatic rings. The summed E-state index contributed by atoms with van der Waals surface area (Å²) in [5.41, 5.74) is 3.16. The summed E-state index contributed by atoms with van der Waals surface area (Å²) in [5.74, 6) is 1.52. The highest BCUT2D eigenvalue weighted by molar-refractivity contribution is 5.80. The second-order valence-electron chi connectivity index (χ2n) is 7.60. The average Bonchev–Trinajstić information content (AvgIpc) is 2.78. The SMILES string of the molecule is COc1ccc(CC(=O)NCc2ccc(CN3CCCCC3)cc2)c(OC)c1OC. The Bertz CT molecular complexity index is 830. The van der Waals surface area contributed by atoms with Crippen LogP contribution in [0.25, 0.3) is 0 Å². The first-order valence-corrected chi connectivity index (χ1v) is 10.5. The number of hydrogen-bond acceptors (Lipinski definition) is 5. The van der Waals surface area contributed by atoms with E-state index in [1.165, 1.54) is 37.9 Å². The minimum atomic E-state index is -0.0714. The van der Waals surface area contributed by atoms with Crippen molar-refractivity contribution in [1.29, 1.82) is 0 Å². The number of methoxy groups -OCH3 is 3. The van der Waals surface area contributed by atoms with Crippen LogP contribution >= 0.6 is 0 Å². The van der Waals surface area contributed by atoms with Crippen LogP contribution in [-0.2, 0) is 24.3 Å². The van der Waals surface area contributed by atoms with E-state index in [0.717, 1.165) is 17.7 Å². The van der Waals surface area contributed by atoms with Gasteiger partial charge in [-0.25, -0.2) is 0 Å². The van der Waals surface area contributed by atoms with Crippen molar-refractivity contribution in [2.24, 2.45) is 0 Å². The zero-order valence-corrected chi connectivity index (χ0v) is 18.2. The first-order chi connectivity index (χ1) is 14.6. The van der Waals surface area contributed by atoms with Gasteiger partial charge in [-0.1, -0.05) is 36.8 Å². The van der Waals surface area contributed by atoms with Crippen molar-refractivity contribution in [2.75, 3.05) is 34.4 Å². The summed E-state index contributed by atoms with van der Waals surface area (Å²) in [6.45, 7) is 3.89. The molecule has 1 fully saturated rings. The van der Waals surface area contributed by atoms with Crippen molar-refractivity contribution < 1.29 is 19.0 Å². The molecule has 1 heterocycles. The van der Waals surface area contributed by atoms with E-state index < -0.39 is 0 Å². The van der Waals surface area contributed by atoms with Gasteiger partial charge in [-0.05, 0) is 43.1 Å². The largest absolute Gasteiger partial charge is 0.493 e. The summed E-state index contributed by atoms with van der Waals surface area (Å²) in [4.78, 5) is 15.0. The van der Waals surface area contributed by atoms with Crippen LogP contribution in [0.4, 0.5) is 0 Å². The van der Waals surface area contributed by atoms with Crippen molar-refractivity contribution in [3.8, 4) is 17.2 Å². The van der Waals surface area contributed by atoms with Crippen LogP contribution in [0.15, 0.2) is 36.4 Å². The fraction of sp³-hybridized carbons (Fsp3) is 0.458. The zero-order chi connectivity index (χ0) is 21.3. The number of rotatable bonds is 9. The number of hydrogen-bond donors (Lipinski definition) is 1. The molecular formula is C24H32N2O4. The average molecular weight is 413 g/mol. The van der Waals surface area contributed by atoms with Gasteiger partial charge in [0, 0.05) is 18.7 Å². The number of amides is 1. The molecule has 6 heteroatoms. The molecular weight excluding hydrogens is 380 g/mol. The van der Waals surface area contributed by atoms with Crippen LogP contribution in [0.5, 0.6) is 17.2 Å². The predicted octanol–water partition coefficient (Wildman–Crippen LogP) is 3.56. The van der Waals surface area contributed by atoms with Gasteiger partial charge in [0.2, 0.25) is 11.7 Å². The number of piperidine rings is 1. The third-order valence-electron chi connectivity index (χ3n) is 5.50. The van der Waals surface area contributed by atoms with E-state index >= 15 is 0 Å². The summed E-state index contributed by atoms with van der Waals surface area (Å²) in [6, 6.07) is 12.1. The molecule has 162 valence electrons. The van der Waals surface area contributed by atoms with Gasteiger partial charge < -0.3 is 19.5 Å². The molecule has 1 amide bonds. The highest BCUT2D eigenvalue weighted by Crippen LogP contribution is 2.39. The number of nitrogens with one attached hydrogen (secondary N) is 1. The van der Waals surface area contributed by atoms with Crippen LogP contribution in [0, 0.1) is 0 Å². The van der Waals surface area contributed by atoms with Crippen molar-refractivity contribution in [3.05, 3.63) is 53.1 Å². The normalized spacial score (nSPS) is 14.2. The Balaban J connectivity index is 1.54. The van der Waals surface area contributed by atoms with Gasteiger partial charge in [0.05, 0.1) is 27.8 Å². The van der Waals surface area contributed by atoms with E-state index in [0.29, 0.717) is 23.8 Å². The molecule has 1 aliphatic heterocycles. The van der Waals surface area contributed by atoms with Crippen molar-refractivity contribution in [3.63, 3.8) is 0 Å². The Kier molecular flexibility index (Phi) is 7.97. The zero-order valence-electron chi connectivity index (χ0n) is 18.2. The van der Waals surface area contributed by atoms with Gasteiger partial charge in [-0.2, -0.15) is 0 Å². The highest BCUT2D eigenvalue weighted by atomic mass is 16.5. The van der Waals surface area contributed by atoms with E-state index in [9.17, 15) is 4.79 Å². The third-order valence-corrected chi connectivity index (χ3v) is 5.50. The highest BCUT2D eigenvalue weighted by Gasteiger charge is 2.17. The maximum atomic E-state index is 12.5. The number of likely N-dealkylation sites (tertiary alicyclic amines) is 1.